The molecule has 0 aliphatic carbocycles. The van der Waals surface area contributed by atoms with Crippen LogP contribution < -0.4 is 5.32 Å². The number of nitrogens with one attached hydrogen (secondary N) is 1. The Bertz CT molecular complexity index is 421. The molecule has 0 aliphatic rings. The van der Waals surface area contributed by atoms with Crippen LogP contribution in [0.4, 0.5) is 0 Å². The van der Waals surface area contributed by atoms with E-state index in [0.717, 1.165) is 6.54 Å². The standard InChI is InChI=1S/C15H23NO2S/c1-5-16-13(15(17)18-6-2)10-19-14-9-11(3)7-8-12(14)4/h7-9,13,16H,5-6,10H2,1-4H3. The molecular weight excluding hydrogens is 258 g/mol. The van der Waals surface area contributed by atoms with Crippen LogP contribution in [0.15, 0.2) is 23.1 Å². The molecule has 0 fully saturated rings. The molecule has 1 N–H and O–H groups in total. The van der Waals surface area contributed by atoms with Crippen molar-refractivity contribution >= 4 is 17.7 Å². The third kappa shape index (κ3) is 5.25. The van der Waals surface area contributed by atoms with Crippen molar-refractivity contribution in [3.8, 4) is 0 Å². The summed E-state index contributed by atoms with van der Waals surface area (Å²) in [6.07, 6.45) is 0. The maximum atomic E-state index is 11.8. The number of thioether (sulfide) groups is 1. The number of carbonyl (C=O) groups is 1. The van der Waals surface area contributed by atoms with Crippen LogP contribution in [0.3, 0.4) is 0 Å². The van der Waals surface area contributed by atoms with Crippen molar-refractivity contribution in [2.75, 3.05) is 18.9 Å². The van der Waals surface area contributed by atoms with Crippen molar-refractivity contribution in [3.05, 3.63) is 29.3 Å². The molecule has 0 spiro atoms. The molecule has 1 unspecified atom stereocenters. The lowest BCUT2D eigenvalue weighted by Crippen LogP contribution is -2.40. The van der Waals surface area contributed by atoms with E-state index in [4.69, 9.17) is 4.74 Å². The molecule has 0 aromatic heterocycles. The Balaban J connectivity index is 2.65. The quantitative estimate of drug-likeness (QED) is 0.616. The van der Waals surface area contributed by atoms with Crippen LogP contribution in [0.25, 0.3) is 0 Å². The monoisotopic (exact) mass is 281 g/mol. The lowest BCUT2D eigenvalue weighted by Gasteiger charge is -2.16. The van der Waals surface area contributed by atoms with Crippen molar-refractivity contribution in [1.29, 1.82) is 0 Å². The normalized spacial score (nSPS) is 12.2. The number of ether oxygens (including phenoxy) is 1. The Hall–Kier alpha value is -1.00. The summed E-state index contributed by atoms with van der Waals surface area (Å²) in [4.78, 5) is 13.0. The van der Waals surface area contributed by atoms with E-state index in [1.807, 2.05) is 13.8 Å². The fraction of sp³-hybridized carbons (Fsp3) is 0.533. The van der Waals surface area contributed by atoms with Gasteiger partial charge in [0, 0.05) is 10.6 Å². The van der Waals surface area contributed by atoms with Gasteiger partial charge in [0.2, 0.25) is 0 Å². The molecule has 1 atom stereocenters. The predicted octanol–water partition coefficient (Wildman–Crippen LogP) is 2.94. The zero-order valence-electron chi connectivity index (χ0n) is 12.2. The van der Waals surface area contributed by atoms with Gasteiger partial charge in [-0.05, 0) is 38.9 Å². The SMILES string of the molecule is CCNC(CSc1cc(C)ccc1C)C(=O)OCC. The second kappa shape index (κ2) is 8.23. The van der Waals surface area contributed by atoms with Gasteiger partial charge in [0.1, 0.15) is 6.04 Å². The molecule has 0 heterocycles. The van der Waals surface area contributed by atoms with E-state index in [0.29, 0.717) is 12.4 Å². The second-order valence-electron chi connectivity index (χ2n) is 4.44. The number of carbonyl (C=O) groups excluding carboxylic acids is 1. The van der Waals surface area contributed by atoms with Crippen molar-refractivity contribution in [2.45, 2.75) is 38.6 Å². The van der Waals surface area contributed by atoms with Gasteiger partial charge in [-0.2, -0.15) is 0 Å². The molecule has 0 amide bonds. The largest absolute Gasteiger partial charge is 0.465 e. The third-order valence-electron chi connectivity index (χ3n) is 2.77. The first-order chi connectivity index (χ1) is 9.08. The van der Waals surface area contributed by atoms with Gasteiger partial charge in [0.15, 0.2) is 0 Å². The summed E-state index contributed by atoms with van der Waals surface area (Å²) in [5, 5.41) is 3.18. The van der Waals surface area contributed by atoms with Crippen LogP contribution in [-0.2, 0) is 9.53 Å². The first kappa shape index (κ1) is 16.1. The van der Waals surface area contributed by atoms with Gasteiger partial charge in [0.05, 0.1) is 6.61 Å². The molecule has 0 radical (unpaired) electrons. The van der Waals surface area contributed by atoms with Crippen molar-refractivity contribution < 1.29 is 9.53 Å². The van der Waals surface area contributed by atoms with Gasteiger partial charge in [-0.25, -0.2) is 0 Å². The Morgan fingerprint density at radius 3 is 2.74 bits per heavy atom. The maximum absolute atomic E-state index is 11.8. The molecule has 1 aromatic carbocycles. The average molecular weight is 281 g/mol. The molecule has 1 rings (SSSR count). The third-order valence-corrected chi connectivity index (χ3v) is 4.02. The summed E-state index contributed by atoms with van der Waals surface area (Å²) >= 11 is 1.70. The summed E-state index contributed by atoms with van der Waals surface area (Å²) in [5.74, 6) is 0.527. The molecule has 19 heavy (non-hydrogen) atoms. The van der Waals surface area contributed by atoms with Gasteiger partial charge in [-0.3, -0.25) is 4.79 Å². The summed E-state index contributed by atoms with van der Waals surface area (Å²) in [6.45, 7) is 9.18. The number of likely N-dealkylation sites (N-methyl/N-ethyl adjacent to an activating group) is 1. The van der Waals surface area contributed by atoms with E-state index in [2.05, 4.69) is 37.4 Å². The van der Waals surface area contributed by atoms with Crippen LogP contribution in [-0.4, -0.2) is 30.9 Å². The summed E-state index contributed by atoms with van der Waals surface area (Å²) in [5.41, 5.74) is 2.49. The van der Waals surface area contributed by atoms with Crippen molar-refractivity contribution in [3.63, 3.8) is 0 Å². The highest BCUT2D eigenvalue weighted by Gasteiger charge is 2.19. The highest BCUT2D eigenvalue weighted by atomic mass is 32.2. The first-order valence-corrected chi connectivity index (χ1v) is 7.67. The minimum Gasteiger partial charge on any atom is -0.465 e. The minimum atomic E-state index is -0.241. The van der Waals surface area contributed by atoms with Gasteiger partial charge >= 0.3 is 5.97 Å². The predicted molar refractivity (Wildman–Crippen MR) is 80.7 cm³/mol. The number of aryl methyl sites for hydroxylation is 2. The molecule has 0 saturated carbocycles. The molecule has 106 valence electrons. The number of benzene rings is 1. The van der Waals surface area contributed by atoms with Crippen LogP contribution in [0, 0.1) is 13.8 Å². The van der Waals surface area contributed by atoms with Crippen LogP contribution in [0.5, 0.6) is 0 Å². The van der Waals surface area contributed by atoms with E-state index in [1.165, 1.54) is 16.0 Å². The molecule has 0 saturated heterocycles. The highest BCUT2D eigenvalue weighted by molar-refractivity contribution is 7.99. The minimum absolute atomic E-state index is 0.165. The van der Waals surface area contributed by atoms with Crippen LogP contribution >= 0.6 is 11.8 Å². The zero-order valence-corrected chi connectivity index (χ0v) is 13.0. The second-order valence-corrected chi connectivity index (χ2v) is 5.50. The Labute approximate surface area is 120 Å². The number of hydrogen-bond acceptors (Lipinski definition) is 4. The molecule has 0 aliphatic heterocycles. The lowest BCUT2D eigenvalue weighted by molar-refractivity contribution is -0.144. The lowest BCUT2D eigenvalue weighted by atomic mass is 10.2. The van der Waals surface area contributed by atoms with Gasteiger partial charge < -0.3 is 10.1 Å². The van der Waals surface area contributed by atoms with Crippen molar-refractivity contribution in [1.82, 2.24) is 5.32 Å². The summed E-state index contributed by atoms with van der Waals surface area (Å²) < 4.78 is 5.08. The number of rotatable bonds is 7. The first-order valence-electron chi connectivity index (χ1n) is 6.68. The molecule has 3 nitrogen and oxygen atoms in total. The molecule has 0 bridgehead atoms. The van der Waals surface area contributed by atoms with Crippen LogP contribution in [0.1, 0.15) is 25.0 Å². The average Bonchev–Trinajstić information content (AvgIpc) is 2.38. The van der Waals surface area contributed by atoms with Crippen LogP contribution in [0.2, 0.25) is 0 Å². The zero-order chi connectivity index (χ0) is 14.3. The Morgan fingerprint density at radius 2 is 2.11 bits per heavy atom. The van der Waals surface area contributed by atoms with Gasteiger partial charge in [0.25, 0.3) is 0 Å². The van der Waals surface area contributed by atoms with E-state index < -0.39 is 0 Å². The summed E-state index contributed by atoms with van der Waals surface area (Å²) in [7, 11) is 0. The number of hydrogen-bond donors (Lipinski definition) is 1. The highest BCUT2D eigenvalue weighted by Crippen LogP contribution is 2.24. The van der Waals surface area contributed by atoms with E-state index in [-0.39, 0.29) is 12.0 Å². The smallest absolute Gasteiger partial charge is 0.323 e. The Morgan fingerprint density at radius 1 is 1.37 bits per heavy atom. The van der Waals surface area contributed by atoms with E-state index >= 15 is 0 Å². The topological polar surface area (TPSA) is 38.3 Å². The Kier molecular flexibility index (Phi) is 6.95. The fourth-order valence-electron chi connectivity index (χ4n) is 1.74. The van der Waals surface area contributed by atoms with Gasteiger partial charge in [-0.15, -0.1) is 11.8 Å². The van der Waals surface area contributed by atoms with Gasteiger partial charge in [-0.1, -0.05) is 24.6 Å². The molecule has 1 aromatic rings. The molecular formula is C15H23NO2S. The van der Waals surface area contributed by atoms with E-state index in [9.17, 15) is 4.79 Å². The maximum Gasteiger partial charge on any atom is 0.323 e. The van der Waals surface area contributed by atoms with E-state index in [1.54, 1.807) is 11.8 Å². The number of esters is 1. The fourth-order valence-corrected chi connectivity index (χ4v) is 2.90. The molecule has 4 heteroatoms. The summed E-state index contributed by atoms with van der Waals surface area (Å²) in [6, 6.07) is 6.14. The van der Waals surface area contributed by atoms with Crippen molar-refractivity contribution in [2.24, 2.45) is 0 Å².